The lowest BCUT2D eigenvalue weighted by Gasteiger charge is -2.19. The third-order valence-corrected chi connectivity index (χ3v) is 4.66. The molecule has 2 aromatic rings. The van der Waals surface area contributed by atoms with Gasteiger partial charge in [-0.05, 0) is 54.8 Å². The van der Waals surface area contributed by atoms with E-state index in [1.807, 2.05) is 6.07 Å². The molecule has 2 aromatic carbocycles. The number of halogens is 3. The van der Waals surface area contributed by atoms with Crippen molar-refractivity contribution in [2.45, 2.75) is 26.3 Å². The highest BCUT2D eigenvalue weighted by molar-refractivity contribution is 9.10. The largest absolute Gasteiger partial charge is 0.310 e. The molecule has 0 saturated carbocycles. The van der Waals surface area contributed by atoms with Gasteiger partial charge in [-0.2, -0.15) is 0 Å². The van der Waals surface area contributed by atoms with Crippen molar-refractivity contribution in [3.63, 3.8) is 0 Å². The van der Waals surface area contributed by atoms with Crippen LogP contribution in [-0.2, 0) is 6.42 Å². The van der Waals surface area contributed by atoms with Crippen LogP contribution in [0.5, 0.6) is 0 Å². The highest BCUT2D eigenvalue weighted by atomic mass is 79.9. The van der Waals surface area contributed by atoms with Crippen LogP contribution in [0.15, 0.2) is 40.9 Å². The summed E-state index contributed by atoms with van der Waals surface area (Å²) in [4.78, 5) is 0. The standard InChI is InChI=1S/C17H18BrClFN/c1-3-21-17(13-5-6-14(18)11(2)8-13)10-12-4-7-15(19)16(20)9-12/h4-9,17,21H,3,10H2,1-2H3. The fraction of sp³-hybridized carbons (Fsp3) is 0.294. The van der Waals surface area contributed by atoms with Crippen LogP contribution in [0.25, 0.3) is 0 Å². The van der Waals surface area contributed by atoms with Crippen molar-refractivity contribution >= 4 is 27.5 Å². The first-order valence-corrected chi connectivity index (χ1v) is 8.11. The van der Waals surface area contributed by atoms with E-state index in [1.54, 1.807) is 6.07 Å². The molecule has 0 saturated heterocycles. The van der Waals surface area contributed by atoms with Gasteiger partial charge in [0, 0.05) is 10.5 Å². The number of nitrogens with one attached hydrogen (secondary N) is 1. The third kappa shape index (κ3) is 4.29. The van der Waals surface area contributed by atoms with Crippen molar-refractivity contribution in [3.8, 4) is 0 Å². The summed E-state index contributed by atoms with van der Waals surface area (Å²) in [5.74, 6) is -0.364. The zero-order chi connectivity index (χ0) is 15.4. The van der Waals surface area contributed by atoms with Crippen molar-refractivity contribution in [3.05, 3.63) is 68.4 Å². The van der Waals surface area contributed by atoms with E-state index < -0.39 is 0 Å². The minimum absolute atomic E-state index is 0.155. The number of aryl methyl sites for hydroxylation is 1. The van der Waals surface area contributed by atoms with Crippen LogP contribution >= 0.6 is 27.5 Å². The smallest absolute Gasteiger partial charge is 0.142 e. The number of benzene rings is 2. The van der Waals surface area contributed by atoms with Crippen LogP contribution in [0, 0.1) is 12.7 Å². The molecule has 0 radical (unpaired) electrons. The maximum Gasteiger partial charge on any atom is 0.142 e. The molecule has 21 heavy (non-hydrogen) atoms. The first-order chi connectivity index (χ1) is 10.0. The Morgan fingerprint density at radius 2 is 2.00 bits per heavy atom. The van der Waals surface area contributed by atoms with Crippen molar-refractivity contribution in [2.75, 3.05) is 6.54 Å². The fourth-order valence-electron chi connectivity index (χ4n) is 2.34. The molecule has 0 aliphatic rings. The zero-order valence-electron chi connectivity index (χ0n) is 12.1. The average Bonchev–Trinajstić information content (AvgIpc) is 2.45. The monoisotopic (exact) mass is 369 g/mol. The summed E-state index contributed by atoms with van der Waals surface area (Å²) < 4.78 is 14.7. The Labute approximate surface area is 138 Å². The molecule has 2 rings (SSSR count). The summed E-state index contributed by atoms with van der Waals surface area (Å²) >= 11 is 9.25. The molecule has 112 valence electrons. The summed E-state index contributed by atoms with van der Waals surface area (Å²) in [5.41, 5.74) is 3.33. The Balaban J connectivity index is 2.25. The van der Waals surface area contributed by atoms with Crippen LogP contribution in [-0.4, -0.2) is 6.54 Å². The Morgan fingerprint density at radius 1 is 1.24 bits per heavy atom. The van der Waals surface area contributed by atoms with Gasteiger partial charge in [0.25, 0.3) is 0 Å². The highest BCUT2D eigenvalue weighted by Crippen LogP contribution is 2.25. The first-order valence-electron chi connectivity index (χ1n) is 6.94. The SMILES string of the molecule is CCNC(Cc1ccc(Cl)c(F)c1)c1ccc(Br)c(C)c1. The van der Waals surface area contributed by atoms with E-state index in [9.17, 15) is 4.39 Å². The van der Waals surface area contributed by atoms with Gasteiger partial charge in [0.05, 0.1) is 5.02 Å². The van der Waals surface area contributed by atoms with Crippen LogP contribution in [0.3, 0.4) is 0 Å². The highest BCUT2D eigenvalue weighted by Gasteiger charge is 2.13. The van der Waals surface area contributed by atoms with Gasteiger partial charge in [-0.25, -0.2) is 4.39 Å². The van der Waals surface area contributed by atoms with Gasteiger partial charge in [-0.1, -0.05) is 52.7 Å². The Hall–Kier alpha value is -0.900. The molecule has 4 heteroatoms. The van der Waals surface area contributed by atoms with Crippen LogP contribution in [0.4, 0.5) is 4.39 Å². The van der Waals surface area contributed by atoms with Crippen molar-refractivity contribution < 1.29 is 4.39 Å². The van der Waals surface area contributed by atoms with Crippen LogP contribution < -0.4 is 5.32 Å². The van der Waals surface area contributed by atoms with Gasteiger partial charge >= 0.3 is 0 Å². The maximum absolute atomic E-state index is 13.6. The molecule has 0 heterocycles. The fourth-order valence-corrected chi connectivity index (χ4v) is 2.71. The lowest BCUT2D eigenvalue weighted by atomic mass is 9.97. The van der Waals surface area contributed by atoms with E-state index >= 15 is 0 Å². The predicted molar refractivity (Wildman–Crippen MR) is 90.4 cm³/mol. The minimum Gasteiger partial charge on any atom is -0.310 e. The van der Waals surface area contributed by atoms with Gasteiger partial charge in [-0.3, -0.25) is 0 Å². The summed E-state index contributed by atoms with van der Waals surface area (Å²) in [6.45, 7) is 5.00. The summed E-state index contributed by atoms with van der Waals surface area (Å²) in [5, 5.41) is 3.62. The normalized spacial score (nSPS) is 12.4. The van der Waals surface area contributed by atoms with E-state index in [0.29, 0.717) is 0 Å². The summed E-state index contributed by atoms with van der Waals surface area (Å²) in [6, 6.07) is 11.5. The minimum atomic E-state index is -0.364. The van der Waals surface area contributed by atoms with E-state index in [4.69, 9.17) is 11.6 Å². The molecular weight excluding hydrogens is 353 g/mol. The summed E-state index contributed by atoms with van der Waals surface area (Å²) in [7, 11) is 0. The molecule has 0 fully saturated rings. The molecule has 0 aliphatic carbocycles. The van der Waals surface area contributed by atoms with Crippen molar-refractivity contribution in [2.24, 2.45) is 0 Å². The second-order valence-electron chi connectivity index (χ2n) is 5.07. The Kier molecular flexibility index (Phi) is 5.80. The van der Waals surface area contributed by atoms with E-state index in [0.717, 1.165) is 23.0 Å². The van der Waals surface area contributed by atoms with Crippen molar-refractivity contribution in [1.82, 2.24) is 5.32 Å². The molecule has 1 N–H and O–H groups in total. The molecule has 1 unspecified atom stereocenters. The van der Waals surface area contributed by atoms with Gasteiger partial charge < -0.3 is 5.32 Å². The van der Waals surface area contributed by atoms with E-state index in [1.165, 1.54) is 17.2 Å². The first kappa shape index (κ1) is 16.5. The molecule has 1 atom stereocenters. The van der Waals surface area contributed by atoms with Crippen LogP contribution in [0.2, 0.25) is 5.02 Å². The maximum atomic E-state index is 13.6. The molecule has 0 bridgehead atoms. The van der Waals surface area contributed by atoms with Gasteiger partial charge in [0.15, 0.2) is 0 Å². The number of hydrogen-bond donors (Lipinski definition) is 1. The lowest BCUT2D eigenvalue weighted by Crippen LogP contribution is -2.23. The van der Waals surface area contributed by atoms with E-state index in [-0.39, 0.29) is 16.9 Å². The summed E-state index contributed by atoms with van der Waals surface area (Å²) in [6.07, 6.45) is 0.725. The quantitative estimate of drug-likeness (QED) is 0.738. The molecule has 0 amide bonds. The number of rotatable bonds is 5. The lowest BCUT2D eigenvalue weighted by molar-refractivity contribution is 0.546. The molecular formula is C17H18BrClFN. The molecule has 0 spiro atoms. The third-order valence-electron chi connectivity index (χ3n) is 3.46. The Bertz CT molecular complexity index is 630. The van der Waals surface area contributed by atoms with Gasteiger partial charge in [-0.15, -0.1) is 0 Å². The average molecular weight is 371 g/mol. The van der Waals surface area contributed by atoms with E-state index in [2.05, 4.69) is 53.3 Å². The topological polar surface area (TPSA) is 12.0 Å². The Morgan fingerprint density at radius 3 is 2.62 bits per heavy atom. The van der Waals surface area contributed by atoms with Gasteiger partial charge in [0.1, 0.15) is 5.82 Å². The van der Waals surface area contributed by atoms with Crippen molar-refractivity contribution in [1.29, 1.82) is 0 Å². The number of hydrogen-bond acceptors (Lipinski definition) is 1. The zero-order valence-corrected chi connectivity index (χ0v) is 14.4. The predicted octanol–water partition coefficient (Wildman–Crippen LogP) is 5.44. The second kappa shape index (κ2) is 7.39. The van der Waals surface area contributed by atoms with Gasteiger partial charge in [0.2, 0.25) is 0 Å². The molecule has 0 aromatic heterocycles. The molecule has 0 aliphatic heterocycles. The number of likely N-dealkylation sites (N-methyl/N-ethyl adjacent to an activating group) is 1. The van der Waals surface area contributed by atoms with Crippen LogP contribution in [0.1, 0.15) is 29.7 Å². The molecule has 1 nitrogen and oxygen atoms in total. The second-order valence-corrected chi connectivity index (χ2v) is 6.33.